The molecule has 3 rings (SSSR count). The van der Waals surface area contributed by atoms with Crippen LogP contribution in [0.3, 0.4) is 0 Å². The molecule has 1 aliphatic rings. The van der Waals surface area contributed by atoms with Crippen molar-refractivity contribution in [3.05, 3.63) is 69.6 Å². The van der Waals surface area contributed by atoms with Gasteiger partial charge in [0.15, 0.2) is 0 Å². The SMILES string of the molecule is CC(=O)CN1C(=O)S/C(=C\c2ccc(OCc3ccccc3)c(Cl)c2)C1=O. The average Bonchev–Trinajstić information content (AvgIpc) is 2.89. The molecule has 0 radical (unpaired) electrons. The summed E-state index contributed by atoms with van der Waals surface area (Å²) in [6.45, 7) is 1.51. The number of ether oxygens (including phenoxy) is 1. The number of hydrogen-bond donors (Lipinski definition) is 0. The van der Waals surface area contributed by atoms with Crippen molar-refractivity contribution in [3.63, 3.8) is 0 Å². The Hall–Kier alpha value is -2.57. The van der Waals surface area contributed by atoms with Gasteiger partial charge >= 0.3 is 0 Å². The lowest BCUT2D eigenvalue weighted by atomic mass is 10.2. The normalized spacial score (nSPS) is 15.5. The highest BCUT2D eigenvalue weighted by Crippen LogP contribution is 2.33. The summed E-state index contributed by atoms with van der Waals surface area (Å²) in [7, 11) is 0. The minimum Gasteiger partial charge on any atom is -0.487 e. The van der Waals surface area contributed by atoms with E-state index in [9.17, 15) is 14.4 Å². The number of amides is 2. The fourth-order valence-electron chi connectivity index (χ4n) is 2.47. The number of Topliss-reactive ketones (excluding diaryl/α,β-unsaturated/α-hetero) is 1. The summed E-state index contributed by atoms with van der Waals surface area (Å²) < 4.78 is 5.72. The van der Waals surface area contributed by atoms with Crippen LogP contribution in [-0.4, -0.2) is 28.4 Å². The van der Waals surface area contributed by atoms with Crippen molar-refractivity contribution < 1.29 is 19.1 Å². The minimum atomic E-state index is -0.472. The zero-order chi connectivity index (χ0) is 19.4. The van der Waals surface area contributed by atoms with E-state index in [0.717, 1.165) is 22.2 Å². The molecule has 27 heavy (non-hydrogen) atoms. The molecule has 0 aromatic heterocycles. The molecule has 1 fully saturated rings. The maximum absolute atomic E-state index is 12.3. The van der Waals surface area contributed by atoms with Gasteiger partial charge in [0.05, 0.1) is 16.5 Å². The Kier molecular flexibility index (Phi) is 5.98. The zero-order valence-corrected chi connectivity index (χ0v) is 16.0. The summed E-state index contributed by atoms with van der Waals surface area (Å²) in [4.78, 5) is 36.6. The third-order valence-corrected chi connectivity index (χ3v) is 4.95. The van der Waals surface area contributed by atoms with Gasteiger partial charge in [0, 0.05) is 0 Å². The van der Waals surface area contributed by atoms with E-state index in [0.29, 0.717) is 22.9 Å². The van der Waals surface area contributed by atoms with Crippen molar-refractivity contribution in [3.8, 4) is 5.75 Å². The molecule has 0 atom stereocenters. The van der Waals surface area contributed by atoms with E-state index in [1.165, 1.54) is 6.92 Å². The third-order valence-electron chi connectivity index (χ3n) is 3.75. The number of carbonyl (C=O) groups is 3. The van der Waals surface area contributed by atoms with Crippen LogP contribution in [-0.2, 0) is 16.2 Å². The van der Waals surface area contributed by atoms with Crippen LogP contribution in [0.2, 0.25) is 5.02 Å². The molecule has 2 aromatic carbocycles. The van der Waals surface area contributed by atoms with E-state index < -0.39 is 11.1 Å². The number of carbonyl (C=O) groups excluding carboxylic acids is 3. The number of benzene rings is 2. The van der Waals surface area contributed by atoms with Crippen LogP contribution in [0, 0.1) is 0 Å². The van der Waals surface area contributed by atoms with E-state index >= 15 is 0 Å². The molecular weight excluding hydrogens is 386 g/mol. The van der Waals surface area contributed by atoms with E-state index in [1.54, 1.807) is 24.3 Å². The van der Waals surface area contributed by atoms with Crippen LogP contribution in [0.15, 0.2) is 53.4 Å². The van der Waals surface area contributed by atoms with Crippen LogP contribution in [0.4, 0.5) is 4.79 Å². The average molecular weight is 402 g/mol. The van der Waals surface area contributed by atoms with Crippen LogP contribution < -0.4 is 4.74 Å². The molecule has 2 aromatic rings. The predicted octanol–water partition coefficient (Wildman–Crippen LogP) is 4.54. The molecule has 138 valence electrons. The summed E-state index contributed by atoms with van der Waals surface area (Å²) in [5.74, 6) is -0.190. The molecule has 2 amide bonds. The van der Waals surface area contributed by atoms with E-state index in [4.69, 9.17) is 16.3 Å². The number of nitrogens with zero attached hydrogens (tertiary/aromatic N) is 1. The Bertz CT molecular complexity index is 927. The lowest BCUT2D eigenvalue weighted by Crippen LogP contribution is -2.32. The molecule has 0 saturated carbocycles. The fourth-order valence-corrected chi connectivity index (χ4v) is 3.55. The Balaban J connectivity index is 1.72. The largest absolute Gasteiger partial charge is 0.487 e. The predicted molar refractivity (Wildman–Crippen MR) is 106 cm³/mol. The quantitative estimate of drug-likeness (QED) is 0.664. The van der Waals surface area contributed by atoms with Crippen molar-refractivity contribution in [2.45, 2.75) is 13.5 Å². The Labute approximate surface area is 165 Å². The standard InChI is InChI=1S/C20H16ClNO4S/c1-13(23)11-22-19(24)18(27-20(22)25)10-15-7-8-17(16(21)9-15)26-12-14-5-3-2-4-6-14/h2-10H,11-12H2,1H3/b18-10-. The van der Waals surface area contributed by atoms with Crippen molar-refractivity contribution in [1.82, 2.24) is 4.90 Å². The molecule has 1 aliphatic heterocycles. The summed E-state index contributed by atoms with van der Waals surface area (Å²) in [5.41, 5.74) is 1.69. The number of rotatable bonds is 6. The first-order valence-electron chi connectivity index (χ1n) is 8.15. The molecule has 0 N–H and O–H groups in total. The molecule has 0 aliphatic carbocycles. The smallest absolute Gasteiger partial charge is 0.293 e. The topological polar surface area (TPSA) is 63.7 Å². The van der Waals surface area contributed by atoms with Gasteiger partial charge in [0.1, 0.15) is 18.1 Å². The number of ketones is 1. The number of hydrogen-bond acceptors (Lipinski definition) is 5. The van der Waals surface area contributed by atoms with Crippen LogP contribution in [0.25, 0.3) is 6.08 Å². The van der Waals surface area contributed by atoms with Crippen molar-refractivity contribution in [2.75, 3.05) is 6.54 Å². The lowest BCUT2D eigenvalue weighted by Gasteiger charge is -2.09. The Morgan fingerprint density at radius 2 is 1.93 bits per heavy atom. The highest BCUT2D eigenvalue weighted by molar-refractivity contribution is 8.18. The first-order valence-corrected chi connectivity index (χ1v) is 9.34. The fraction of sp³-hybridized carbons (Fsp3) is 0.150. The molecular formula is C20H16ClNO4S. The first-order chi connectivity index (χ1) is 12.9. The van der Waals surface area contributed by atoms with Crippen molar-refractivity contribution in [1.29, 1.82) is 0 Å². The second-order valence-electron chi connectivity index (χ2n) is 5.93. The second kappa shape index (κ2) is 8.41. The summed E-state index contributed by atoms with van der Waals surface area (Å²) in [6, 6.07) is 14.9. The molecule has 1 heterocycles. The molecule has 7 heteroatoms. The van der Waals surface area contributed by atoms with Gasteiger partial charge in [-0.1, -0.05) is 48.0 Å². The minimum absolute atomic E-state index is 0.213. The number of thioether (sulfide) groups is 1. The van der Waals surface area contributed by atoms with E-state index in [-0.39, 0.29) is 17.2 Å². The summed E-state index contributed by atoms with van der Waals surface area (Å²) >= 11 is 7.08. The monoisotopic (exact) mass is 401 g/mol. The van der Waals surface area contributed by atoms with Gasteiger partial charge in [0.25, 0.3) is 11.1 Å². The van der Waals surface area contributed by atoms with Crippen molar-refractivity contribution in [2.24, 2.45) is 0 Å². The summed E-state index contributed by atoms with van der Waals surface area (Å²) in [5, 5.41) is -0.0435. The van der Waals surface area contributed by atoms with Gasteiger partial charge in [-0.25, -0.2) is 0 Å². The van der Waals surface area contributed by atoms with Gasteiger partial charge < -0.3 is 4.74 Å². The van der Waals surface area contributed by atoms with E-state index in [1.807, 2.05) is 30.3 Å². The van der Waals surface area contributed by atoms with Crippen LogP contribution >= 0.6 is 23.4 Å². The molecule has 1 saturated heterocycles. The number of imide groups is 1. The van der Waals surface area contributed by atoms with Crippen LogP contribution in [0.1, 0.15) is 18.1 Å². The molecule has 0 spiro atoms. The Morgan fingerprint density at radius 1 is 1.19 bits per heavy atom. The van der Waals surface area contributed by atoms with Crippen LogP contribution in [0.5, 0.6) is 5.75 Å². The first kappa shape index (κ1) is 19.2. The van der Waals surface area contributed by atoms with Gasteiger partial charge in [-0.3, -0.25) is 19.3 Å². The third kappa shape index (κ3) is 4.78. The lowest BCUT2D eigenvalue weighted by molar-refractivity contribution is -0.127. The van der Waals surface area contributed by atoms with Gasteiger partial charge in [-0.05, 0) is 48.0 Å². The van der Waals surface area contributed by atoms with Gasteiger partial charge in [0.2, 0.25) is 0 Å². The molecule has 5 nitrogen and oxygen atoms in total. The van der Waals surface area contributed by atoms with E-state index in [2.05, 4.69) is 0 Å². The maximum Gasteiger partial charge on any atom is 0.293 e. The highest BCUT2D eigenvalue weighted by atomic mass is 35.5. The maximum atomic E-state index is 12.3. The zero-order valence-electron chi connectivity index (χ0n) is 14.5. The van der Waals surface area contributed by atoms with Gasteiger partial charge in [-0.15, -0.1) is 0 Å². The number of halogens is 1. The van der Waals surface area contributed by atoms with Crippen molar-refractivity contribution >= 4 is 46.4 Å². The Morgan fingerprint density at radius 3 is 2.59 bits per heavy atom. The second-order valence-corrected chi connectivity index (χ2v) is 7.33. The molecule has 0 bridgehead atoms. The highest BCUT2D eigenvalue weighted by Gasteiger charge is 2.35. The van der Waals surface area contributed by atoms with Gasteiger partial charge in [-0.2, -0.15) is 0 Å². The molecule has 0 unspecified atom stereocenters. The summed E-state index contributed by atoms with van der Waals surface area (Å²) in [6.07, 6.45) is 1.58.